The van der Waals surface area contributed by atoms with Crippen LogP contribution in [0.25, 0.3) is 0 Å². The van der Waals surface area contributed by atoms with Crippen molar-refractivity contribution in [2.45, 2.75) is 46.1 Å². The molecule has 20 heavy (non-hydrogen) atoms. The number of thiazole rings is 1. The van der Waals surface area contributed by atoms with Gasteiger partial charge < -0.3 is 15.0 Å². The summed E-state index contributed by atoms with van der Waals surface area (Å²) in [5.74, 6) is 0. The van der Waals surface area contributed by atoms with Crippen LogP contribution in [0.1, 0.15) is 43.7 Å². The van der Waals surface area contributed by atoms with Crippen molar-refractivity contribution in [1.82, 2.24) is 10.3 Å². The molecule has 0 aromatic carbocycles. The average Bonchev–Trinajstić information content (AvgIpc) is 2.88. The summed E-state index contributed by atoms with van der Waals surface area (Å²) >= 11 is 1.86. The molecule has 2 rings (SSSR count). The second-order valence-corrected chi connectivity index (χ2v) is 6.31. The quantitative estimate of drug-likeness (QED) is 0.749. The fraction of sp³-hybridized carbons (Fsp3) is 0.800. The zero-order valence-electron chi connectivity index (χ0n) is 12.8. The van der Waals surface area contributed by atoms with Crippen molar-refractivity contribution >= 4 is 16.5 Å². The molecule has 0 aliphatic carbocycles. The molecule has 1 aromatic heterocycles. The fourth-order valence-electron chi connectivity index (χ4n) is 2.33. The Hall–Kier alpha value is -0.650. The second kappa shape index (κ2) is 8.60. The number of unbranched alkanes of at least 4 members (excludes halogenated alkanes) is 1. The van der Waals surface area contributed by atoms with E-state index in [1.54, 1.807) is 0 Å². The molecule has 1 saturated heterocycles. The number of aryl methyl sites for hydroxylation is 1. The molecule has 1 aromatic rings. The van der Waals surface area contributed by atoms with Gasteiger partial charge in [0, 0.05) is 24.5 Å². The van der Waals surface area contributed by atoms with Gasteiger partial charge in [-0.15, -0.1) is 11.3 Å². The van der Waals surface area contributed by atoms with Crippen molar-refractivity contribution < 1.29 is 4.74 Å². The van der Waals surface area contributed by atoms with Crippen LogP contribution in [0, 0.1) is 0 Å². The van der Waals surface area contributed by atoms with E-state index in [2.05, 4.69) is 24.1 Å². The Morgan fingerprint density at radius 2 is 2.05 bits per heavy atom. The van der Waals surface area contributed by atoms with Gasteiger partial charge in [-0.1, -0.05) is 26.7 Å². The molecule has 1 aliphatic rings. The Bertz CT molecular complexity index is 388. The number of nitrogens with zero attached hydrogens (tertiary/aromatic N) is 2. The molecule has 0 saturated carbocycles. The standard InChI is InChI=1S/C15H27N3OS/c1-3-5-7-16-12-14-13(6-4-2)17-15(20-14)18-8-10-19-11-9-18/h16H,3-12H2,1-2H3. The van der Waals surface area contributed by atoms with E-state index in [1.807, 2.05) is 11.3 Å². The monoisotopic (exact) mass is 297 g/mol. The maximum absolute atomic E-state index is 5.42. The first-order valence-electron chi connectivity index (χ1n) is 7.87. The maximum atomic E-state index is 5.42. The minimum absolute atomic E-state index is 0.826. The van der Waals surface area contributed by atoms with E-state index in [0.29, 0.717) is 0 Å². The number of hydrogen-bond donors (Lipinski definition) is 1. The smallest absolute Gasteiger partial charge is 0.185 e. The van der Waals surface area contributed by atoms with Crippen molar-refractivity contribution in [3.05, 3.63) is 10.6 Å². The van der Waals surface area contributed by atoms with Crippen molar-refractivity contribution in [2.24, 2.45) is 0 Å². The van der Waals surface area contributed by atoms with Gasteiger partial charge in [-0.25, -0.2) is 4.98 Å². The number of hydrogen-bond acceptors (Lipinski definition) is 5. The van der Waals surface area contributed by atoms with Crippen LogP contribution >= 0.6 is 11.3 Å². The molecular formula is C15H27N3OS. The summed E-state index contributed by atoms with van der Waals surface area (Å²) in [6.45, 7) is 10.1. The molecule has 2 heterocycles. The molecule has 4 nitrogen and oxygen atoms in total. The van der Waals surface area contributed by atoms with Crippen molar-refractivity contribution in [3.63, 3.8) is 0 Å². The molecule has 5 heteroatoms. The van der Waals surface area contributed by atoms with Gasteiger partial charge in [0.1, 0.15) is 0 Å². The predicted molar refractivity (Wildman–Crippen MR) is 85.8 cm³/mol. The highest BCUT2D eigenvalue weighted by Crippen LogP contribution is 2.28. The van der Waals surface area contributed by atoms with Gasteiger partial charge in [0.25, 0.3) is 0 Å². The van der Waals surface area contributed by atoms with Gasteiger partial charge in [0.2, 0.25) is 0 Å². The van der Waals surface area contributed by atoms with Crippen LogP contribution in [-0.2, 0) is 17.7 Å². The highest BCUT2D eigenvalue weighted by Gasteiger charge is 2.17. The molecule has 0 amide bonds. The second-order valence-electron chi connectivity index (χ2n) is 5.25. The average molecular weight is 297 g/mol. The van der Waals surface area contributed by atoms with Crippen molar-refractivity contribution in [1.29, 1.82) is 0 Å². The number of morpholine rings is 1. The lowest BCUT2D eigenvalue weighted by Gasteiger charge is -2.26. The van der Waals surface area contributed by atoms with Crippen molar-refractivity contribution in [2.75, 3.05) is 37.7 Å². The molecular weight excluding hydrogens is 270 g/mol. The Kier molecular flexibility index (Phi) is 6.76. The van der Waals surface area contributed by atoms with Gasteiger partial charge in [-0.05, 0) is 19.4 Å². The van der Waals surface area contributed by atoms with Crippen LogP contribution in [-0.4, -0.2) is 37.8 Å². The van der Waals surface area contributed by atoms with E-state index < -0.39 is 0 Å². The molecule has 0 bridgehead atoms. The first-order valence-corrected chi connectivity index (χ1v) is 8.68. The lowest BCUT2D eigenvalue weighted by Crippen LogP contribution is -2.36. The van der Waals surface area contributed by atoms with Gasteiger partial charge in [-0.2, -0.15) is 0 Å². The summed E-state index contributed by atoms with van der Waals surface area (Å²) in [6.07, 6.45) is 4.74. The summed E-state index contributed by atoms with van der Waals surface area (Å²) in [6, 6.07) is 0. The van der Waals surface area contributed by atoms with Crippen LogP contribution in [0.2, 0.25) is 0 Å². The summed E-state index contributed by atoms with van der Waals surface area (Å²) in [4.78, 5) is 8.66. The van der Waals surface area contributed by atoms with Crippen LogP contribution in [0.5, 0.6) is 0 Å². The Balaban J connectivity index is 1.98. The third-order valence-corrected chi connectivity index (χ3v) is 4.69. The summed E-state index contributed by atoms with van der Waals surface area (Å²) < 4.78 is 5.42. The van der Waals surface area contributed by atoms with Gasteiger partial charge in [-0.3, -0.25) is 0 Å². The lowest BCUT2D eigenvalue weighted by atomic mass is 10.2. The summed E-state index contributed by atoms with van der Waals surface area (Å²) in [7, 11) is 0. The zero-order chi connectivity index (χ0) is 14.2. The number of ether oxygens (including phenoxy) is 1. The molecule has 0 spiro atoms. The first kappa shape index (κ1) is 15.7. The van der Waals surface area contributed by atoms with E-state index in [9.17, 15) is 0 Å². The maximum Gasteiger partial charge on any atom is 0.185 e. The predicted octanol–water partition coefficient (Wildman–Crippen LogP) is 2.82. The van der Waals surface area contributed by atoms with Gasteiger partial charge in [0.15, 0.2) is 5.13 Å². The minimum atomic E-state index is 0.826. The SMILES string of the molecule is CCCCNCc1sc(N2CCOCC2)nc1CCC. The van der Waals surface area contributed by atoms with E-state index in [4.69, 9.17) is 9.72 Å². The van der Waals surface area contributed by atoms with Crippen LogP contribution < -0.4 is 10.2 Å². The van der Waals surface area contributed by atoms with E-state index in [-0.39, 0.29) is 0 Å². The summed E-state index contributed by atoms with van der Waals surface area (Å²) in [5.41, 5.74) is 1.29. The third kappa shape index (κ3) is 4.43. The lowest BCUT2D eigenvalue weighted by molar-refractivity contribution is 0.122. The molecule has 1 N–H and O–H groups in total. The third-order valence-electron chi connectivity index (χ3n) is 3.53. The Morgan fingerprint density at radius 1 is 1.25 bits per heavy atom. The Morgan fingerprint density at radius 3 is 2.75 bits per heavy atom. The van der Waals surface area contributed by atoms with E-state index in [0.717, 1.165) is 52.2 Å². The van der Waals surface area contributed by atoms with Gasteiger partial charge >= 0.3 is 0 Å². The van der Waals surface area contributed by atoms with Gasteiger partial charge in [0.05, 0.1) is 18.9 Å². The normalized spacial score (nSPS) is 15.8. The Labute approximate surface area is 126 Å². The van der Waals surface area contributed by atoms with E-state index in [1.165, 1.54) is 28.5 Å². The number of aromatic nitrogens is 1. The number of anilines is 1. The van der Waals surface area contributed by atoms with E-state index >= 15 is 0 Å². The summed E-state index contributed by atoms with van der Waals surface area (Å²) in [5, 5.41) is 4.73. The number of rotatable bonds is 8. The molecule has 1 aliphatic heterocycles. The minimum Gasteiger partial charge on any atom is -0.378 e. The number of nitrogens with one attached hydrogen (secondary N) is 1. The van der Waals surface area contributed by atoms with Crippen LogP contribution in [0.4, 0.5) is 5.13 Å². The highest BCUT2D eigenvalue weighted by molar-refractivity contribution is 7.15. The molecule has 0 radical (unpaired) electrons. The molecule has 114 valence electrons. The molecule has 0 unspecified atom stereocenters. The van der Waals surface area contributed by atoms with Crippen LogP contribution in [0.15, 0.2) is 0 Å². The first-order chi connectivity index (χ1) is 9.85. The van der Waals surface area contributed by atoms with Crippen LogP contribution in [0.3, 0.4) is 0 Å². The zero-order valence-corrected chi connectivity index (χ0v) is 13.6. The van der Waals surface area contributed by atoms with Crippen molar-refractivity contribution in [3.8, 4) is 0 Å². The largest absolute Gasteiger partial charge is 0.378 e. The highest BCUT2D eigenvalue weighted by atomic mass is 32.1. The molecule has 0 atom stereocenters. The molecule has 1 fully saturated rings. The topological polar surface area (TPSA) is 37.4 Å². The fourth-order valence-corrected chi connectivity index (χ4v) is 3.46.